The number of ether oxygens (including phenoxy) is 1. The molecule has 0 bridgehead atoms. The van der Waals surface area contributed by atoms with Crippen molar-refractivity contribution in [3.8, 4) is 0 Å². The van der Waals surface area contributed by atoms with Crippen LogP contribution in [-0.2, 0) is 4.74 Å². The molecule has 2 heterocycles. The normalized spacial score (nSPS) is 18.9. The Kier molecular flexibility index (Phi) is 3.72. The number of carbonyl (C=O) groups excluding carboxylic acids is 1. The van der Waals surface area contributed by atoms with Gasteiger partial charge in [0.1, 0.15) is 5.69 Å². The first kappa shape index (κ1) is 13.8. The van der Waals surface area contributed by atoms with Crippen LogP contribution >= 0.6 is 0 Å². The summed E-state index contributed by atoms with van der Waals surface area (Å²) in [7, 11) is 0. The molecule has 0 saturated carbocycles. The molecular weight excluding hydrogens is 272 g/mol. The van der Waals surface area contributed by atoms with Crippen LogP contribution in [0.15, 0.2) is 35.1 Å². The Morgan fingerprint density at radius 2 is 2.24 bits per heavy atom. The Bertz CT molecular complexity index is 725. The monoisotopic (exact) mass is 288 g/mol. The zero-order valence-electron chi connectivity index (χ0n) is 11.4. The van der Waals surface area contributed by atoms with Gasteiger partial charge in [-0.2, -0.15) is 0 Å². The lowest BCUT2D eigenvalue weighted by Gasteiger charge is -2.31. The number of rotatable bonds is 2. The minimum Gasteiger partial charge on any atom is -0.394 e. The van der Waals surface area contributed by atoms with E-state index in [1.54, 1.807) is 23.1 Å². The van der Waals surface area contributed by atoms with Crippen LogP contribution in [0.4, 0.5) is 0 Å². The van der Waals surface area contributed by atoms with Gasteiger partial charge in [0.15, 0.2) is 5.43 Å². The van der Waals surface area contributed by atoms with E-state index in [9.17, 15) is 9.59 Å². The molecule has 0 spiro atoms. The van der Waals surface area contributed by atoms with Crippen molar-refractivity contribution in [1.82, 2.24) is 9.88 Å². The summed E-state index contributed by atoms with van der Waals surface area (Å²) in [6.07, 6.45) is -0.366. The standard InChI is InChI=1S/C15H16N2O4/c18-9-10-8-17(5-6-21-10)15(20)13-7-14(19)11-3-1-2-4-12(11)16-13/h1-4,7,10,18H,5-6,8-9H2,(H,16,19). The SMILES string of the molecule is O=C(c1cc(=O)c2ccccc2[nH]1)N1CCOC(CO)C1. The van der Waals surface area contributed by atoms with E-state index >= 15 is 0 Å². The van der Waals surface area contributed by atoms with Gasteiger partial charge in [-0.1, -0.05) is 12.1 Å². The molecule has 1 fully saturated rings. The largest absolute Gasteiger partial charge is 0.394 e. The number of amides is 1. The topological polar surface area (TPSA) is 82.6 Å². The lowest BCUT2D eigenvalue weighted by molar-refractivity contribution is -0.0448. The number of aromatic amines is 1. The van der Waals surface area contributed by atoms with Crippen LogP contribution in [-0.4, -0.2) is 53.3 Å². The fourth-order valence-corrected chi connectivity index (χ4v) is 2.50. The summed E-state index contributed by atoms with van der Waals surface area (Å²) >= 11 is 0. The Balaban J connectivity index is 1.93. The number of hydrogen-bond donors (Lipinski definition) is 2. The minimum atomic E-state index is -0.366. The van der Waals surface area contributed by atoms with Crippen molar-refractivity contribution < 1.29 is 14.6 Å². The van der Waals surface area contributed by atoms with Crippen molar-refractivity contribution in [3.63, 3.8) is 0 Å². The molecule has 1 aromatic heterocycles. The maximum Gasteiger partial charge on any atom is 0.270 e. The van der Waals surface area contributed by atoms with E-state index in [4.69, 9.17) is 9.84 Å². The number of aliphatic hydroxyl groups excluding tert-OH is 1. The average Bonchev–Trinajstić information content (AvgIpc) is 2.54. The highest BCUT2D eigenvalue weighted by Gasteiger charge is 2.25. The lowest BCUT2D eigenvalue weighted by atomic mass is 10.1. The molecule has 0 radical (unpaired) electrons. The summed E-state index contributed by atoms with van der Waals surface area (Å²) in [5, 5.41) is 9.69. The molecule has 2 N–H and O–H groups in total. The number of hydrogen-bond acceptors (Lipinski definition) is 4. The molecule has 1 saturated heterocycles. The summed E-state index contributed by atoms with van der Waals surface area (Å²) in [6, 6.07) is 8.41. The fraction of sp³-hybridized carbons (Fsp3) is 0.333. The van der Waals surface area contributed by atoms with Gasteiger partial charge in [0.2, 0.25) is 0 Å². The first-order valence-corrected chi connectivity index (χ1v) is 6.83. The van der Waals surface area contributed by atoms with Crippen molar-refractivity contribution in [2.24, 2.45) is 0 Å². The lowest BCUT2D eigenvalue weighted by Crippen LogP contribution is -2.47. The third-order valence-electron chi connectivity index (χ3n) is 3.60. The van der Waals surface area contributed by atoms with Crippen molar-refractivity contribution in [2.45, 2.75) is 6.10 Å². The number of benzene rings is 1. The van der Waals surface area contributed by atoms with E-state index in [0.717, 1.165) is 0 Å². The van der Waals surface area contributed by atoms with Crippen molar-refractivity contribution >= 4 is 16.8 Å². The maximum atomic E-state index is 12.5. The number of para-hydroxylation sites is 1. The van der Waals surface area contributed by atoms with Gasteiger partial charge >= 0.3 is 0 Å². The molecule has 1 amide bonds. The molecule has 1 unspecified atom stereocenters. The van der Waals surface area contributed by atoms with Gasteiger partial charge in [0.25, 0.3) is 5.91 Å². The second-order valence-corrected chi connectivity index (χ2v) is 5.02. The van der Waals surface area contributed by atoms with Gasteiger partial charge in [-0.25, -0.2) is 0 Å². The Labute approximate surface area is 121 Å². The molecule has 3 rings (SSSR count). The molecule has 110 valence electrons. The van der Waals surface area contributed by atoms with Crippen molar-refractivity contribution in [2.75, 3.05) is 26.3 Å². The Morgan fingerprint density at radius 3 is 3.05 bits per heavy atom. The number of pyridine rings is 1. The van der Waals surface area contributed by atoms with Gasteiger partial charge < -0.3 is 19.7 Å². The number of fused-ring (bicyclic) bond motifs is 1. The zero-order chi connectivity index (χ0) is 14.8. The van der Waals surface area contributed by atoms with Gasteiger partial charge in [-0.05, 0) is 12.1 Å². The number of nitrogens with zero attached hydrogens (tertiary/aromatic N) is 1. The number of nitrogens with one attached hydrogen (secondary N) is 1. The van der Waals surface area contributed by atoms with Gasteiger partial charge in [-0.3, -0.25) is 9.59 Å². The molecular formula is C15H16N2O4. The number of carbonyl (C=O) groups is 1. The second kappa shape index (κ2) is 5.67. The van der Waals surface area contributed by atoms with E-state index in [-0.39, 0.29) is 29.7 Å². The van der Waals surface area contributed by atoms with Crippen molar-refractivity contribution in [3.05, 3.63) is 46.2 Å². The molecule has 0 aliphatic carbocycles. The number of aromatic nitrogens is 1. The van der Waals surface area contributed by atoms with E-state index < -0.39 is 0 Å². The highest BCUT2D eigenvalue weighted by atomic mass is 16.5. The average molecular weight is 288 g/mol. The van der Waals surface area contributed by atoms with E-state index in [0.29, 0.717) is 30.6 Å². The van der Waals surface area contributed by atoms with Crippen LogP contribution in [0.25, 0.3) is 10.9 Å². The third-order valence-corrected chi connectivity index (χ3v) is 3.60. The Hall–Kier alpha value is -2.18. The smallest absolute Gasteiger partial charge is 0.270 e. The summed E-state index contributed by atoms with van der Waals surface area (Å²) in [4.78, 5) is 29.1. The van der Waals surface area contributed by atoms with Gasteiger partial charge in [0.05, 0.1) is 19.3 Å². The molecule has 1 atom stereocenters. The summed E-state index contributed by atoms with van der Waals surface area (Å²) in [5.41, 5.74) is 0.720. The van der Waals surface area contributed by atoms with E-state index in [1.165, 1.54) is 6.07 Å². The predicted molar refractivity (Wildman–Crippen MR) is 77.3 cm³/mol. The van der Waals surface area contributed by atoms with Crippen LogP contribution in [0.2, 0.25) is 0 Å². The summed E-state index contributed by atoms with van der Waals surface area (Å²) < 4.78 is 5.32. The molecule has 21 heavy (non-hydrogen) atoms. The van der Waals surface area contributed by atoms with Crippen LogP contribution < -0.4 is 5.43 Å². The van der Waals surface area contributed by atoms with Gasteiger partial charge in [-0.15, -0.1) is 0 Å². The predicted octanol–water partition coefficient (Wildman–Crippen LogP) is 0.361. The molecule has 1 aliphatic rings. The van der Waals surface area contributed by atoms with Crippen LogP contribution in [0.3, 0.4) is 0 Å². The fourth-order valence-electron chi connectivity index (χ4n) is 2.50. The second-order valence-electron chi connectivity index (χ2n) is 5.02. The minimum absolute atomic E-state index is 0.127. The number of aliphatic hydroxyl groups is 1. The van der Waals surface area contributed by atoms with Crippen LogP contribution in [0.5, 0.6) is 0 Å². The molecule has 1 aliphatic heterocycles. The molecule has 1 aromatic carbocycles. The molecule has 6 nitrogen and oxygen atoms in total. The number of morpholine rings is 1. The van der Waals surface area contributed by atoms with E-state index in [2.05, 4.69) is 4.98 Å². The summed E-state index contributed by atoms with van der Waals surface area (Å²) in [6.45, 7) is 1.03. The first-order chi connectivity index (χ1) is 10.2. The number of H-pyrrole nitrogens is 1. The van der Waals surface area contributed by atoms with E-state index in [1.807, 2.05) is 6.07 Å². The van der Waals surface area contributed by atoms with Crippen LogP contribution in [0, 0.1) is 0 Å². The quantitative estimate of drug-likeness (QED) is 0.836. The van der Waals surface area contributed by atoms with Crippen LogP contribution in [0.1, 0.15) is 10.5 Å². The molecule has 6 heteroatoms. The zero-order valence-corrected chi connectivity index (χ0v) is 11.4. The Morgan fingerprint density at radius 1 is 1.43 bits per heavy atom. The van der Waals surface area contributed by atoms with Gasteiger partial charge in [0, 0.05) is 30.1 Å². The first-order valence-electron chi connectivity index (χ1n) is 6.83. The third kappa shape index (κ3) is 2.68. The maximum absolute atomic E-state index is 12.5. The van der Waals surface area contributed by atoms with Crippen molar-refractivity contribution in [1.29, 1.82) is 0 Å². The summed E-state index contributed by atoms with van der Waals surface area (Å²) in [5.74, 6) is -0.250. The highest BCUT2D eigenvalue weighted by molar-refractivity contribution is 5.94. The molecule has 2 aromatic rings. The highest BCUT2D eigenvalue weighted by Crippen LogP contribution is 2.11.